The molecule has 0 unspecified atom stereocenters. The van der Waals surface area contributed by atoms with Gasteiger partial charge in [-0.15, -0.1) is 0 Å². The molecule has 0 aliphatic carbocycles. The van der Waals surface area contributed by atoms with Crippen LogP contribution in [0.2, 0.25) is 0 Å². The van der Waals surface area contributed by atoms with Gasteiger partial charge in [-0.25, -0.2) is 12.8 Å². The molecule has 0 spiro atoms. The number of anilines is 1. The van der Waals surface area contributed by atoms with Gasteiger partial charge in [-0.2, -0.15) is 4.98 Å². The quantitative estimate of drug-likeness (QED) is 0.516. The van der Waals surface area contributed by atoms with E-state index < -0.39 is 21.4 Å². The number of carbonyl (C=O) groups excluding carboxylic acids is 1. The molecule has 0 aliphatic rings. The van der Waals surface area contributed by atoms with Gasteiger partial charge in [0.15, 0.2) is 15.7 Å². The topological polar surface area (TPSA) is 111 Å². The number of amides is 1. The maximum atomic E-state index is 13.0. The Hall–Kier alpha value is -3.27. The first-order valence-corrected chi connectivity index (χ1v) is 10.8. The lowest BCUT2D eigenvalue weighted by molar-refractivity contribution is -0.116. The molecule has 158 valence electrons. The number of rotatable bonds is 9. The molecule has 8 nitrogen and oxygen atoms in total. The number of aromatic nitrogens is 2. The molecule has 1 aromatic heterocycles. The van der Waals surface area contributed by atoms with Gasteiger partial charge in [0.2, 0.25) is 11.8 Å². The first kappa shape index (κ1) is 21.4. The summed E-state index contributed by atoms with van der Waals surface area (Å²) >= 11 is 0. The number of benzene rings is 2. The molecule has 3 rings (SSSR count). The van der Waals surface area contributed by atoms with Crippen molar-refractivity contribution in [3.63, 3.8) is 0 Å². The Balaban J connectivity index is 1.52. The van der Waals surface area contributed by atoms with Crippen LogP contribution in [0, 0.1) is 5.82 Å². The third kappa shape index (κ3) is 5.86. The van der Waals surface area contributed by atoms with Crippen LogP contribution in [-0.2, 0) is 26.8 Å². The molecule has 0 bridgehead atoms. The monoisotopic (exact) mass is 433 g/mol. The average Bonchev–Trinajstić information content (AvgIpc) is 3.15. The van der Waals surface area contributed by atoms with Crippen LogP contribution in [0.4, 0.5) is 10.1 Å². The number of hydrogen-bond acceptors (Lipinski definition) is 7. The van der Waals surface area contributed by atoms with Crippen molar-refractivity contribution in [3.8, 4) is 5.75 Å². The Morgan fingerprint density at radius 2 is 1.83 bits per heavy atom. The summed E-state index contributed by atoms with van der Waals surface area (Å²) in [6.45, 7) is 2.44. The smallest absolute Gasteiger partial charge is 0.227 e. The summed E-state index contributed by atoms with van der Waals surface area (Å²) in [7, 11) is -3.74. The van der Waals surface area contributed by atoms with Gasteiger partial charge in [0.05, 0.1) is 11.5 Å². The summed E-state index contributed by atoms with van der Waals surface area (Å²) in [5, 5.41) is 6.39. The minimum absolute atomic E-state index is 0.0266. The second-order valence-corrected chi connectivity index (χ2v) is 8.31. The highest BCUT2D eigenvalue weighted by Gasteiger charge is 2.19. The summed E-state index contributed by atoms with van der Waals surface area (Å²) in [5.74, 6) is -0.426. The minimum atomic E-state index is -3.74. The Morgan fingerprint density at radius 1 is 1.13 bits per heavy atom. The molecule has 0 saturated carbocycles. The molecule has 1 amide bonds. The van der Waals surface area contributed by atoms with Crippen LogP contribution < -0.4 is 10.1 Å². The Labute approximate surface area is 173 Å². The van der Waals surface area contributed by atoms with E-state index >= 15 is 0 Å². The van der Waals surface area contributed by atoms with Crippen LogP contribution >= 0.6 is 0 Å². The summed E-state index contributed by atoms with van der Waals surface area (Å²) in [5.41, 5.74) is 0.625. The van der Waals surface area contributed by atoms with Crippen LogP contribution in [0.25, 0.3) is 0 Å². The first-order chi connectivity index (χ1) is 14.4. The van der Waals surface area contributed by atoms with Gasteiger partial charge in [-0.05, 0) is 55.5 Å². The standard InChI is InChI=1S/C20H20FN3O5S/c1-2-28-16-7-5-15(6-8-16)22-19(25)11-12-20-23-18(24-29-20)13-30(26,27)17-9-3-14(21)4-10-17/h3-10H,2,11-13H2,1H3,(H,22,25). The fourth-order valence-corrected chi connectivity index (χ4v) is 3.77. The fraction of sp³-hybridized carbons (Fsp3) is 0.250. The highest BCUT2D eigenvalue weighted by Crippen LogP contribution is 2.17. The normalized spacial score (nSPS) is 11.3. The number of carbonyl (C=O) groups is 1. The average molecular weight is 433 g/mol. The van der Waals surface area contributed by atoms with E-state index in [2.05, 4.69) is 15.5 Å². The zero-order chi connectivity index (χ0) is 21.6. The molecular weight excluding hydrogens is 413 g/mol. The number of halogens is 1. The minimum Gasteiger partial charge on any atom is -0.494 e. The highest BCUT2D eigenvalue weighted by molar-refractivity contribution is 7.90. The van der Waals surface area contributed by atoms with E-state index in [9.17, 15) is 17.6 Å². The van der Waals surface area contributed by atoms with Crippen LogP contribution in [0.15, 0.2) is 57.9 Å². The van der Waals surface area contributed by atoms with Gasteiger partial charge < -0.3 is 14.6 Å². The SMILES string of the molecule is CCOc1ccc(NC(=O)CCc2nc(CS(=O)(=O)c3ccc(F)cc3)no2)cc1. The molecule has 0 radical (unpaired) electrons. The van der Waals surface area contributed by atoms with Crippen molar-refractivity contribution in [3.05, 3.63) is 66.1 Å². The number of aryl methyl sites for hydroxylation is 1. The van der Waals surface area contributed by atoms with Crippen LogP contribution in [0.3, 0.4) is 0 Å². The fourth-order valence-electron chi connectivity index (χ4n) is 2.59. The lowest BCUT2D eigenvalue weighted by Crippen LogP contribution is -2.12. The summed E-state index contributed by atoms with van der Waals surface area (Å²) in [4.78, 5) is 16.1. The number of hydrogen-bond donors (Lipinski definition) is 1. The van der Waals surface area contributed by atoms with E-state index in [0.717, 1.165) is 12.1 Å². The molecule has 1 heterocycles. The summed E-state index contributed by atoms with van der Waals surface area (Å²) in [6, 6.07) is 11.5. The lowest BCUT2D eigenvalue weighted by Gasteiger charge is -2.06. The van der Waals surface area contributed by atoms with Gasteiger partial charge in [-0.3, -0.25) is 4.79 Å². The van der Waals surface area contributed by atoms with Crippen molar-refractivity contribution in [2.24, 2.45) is 0 Å². The van der Waals surface area contributed by atoms with Crippen LogP contribution in [0.5, 0.6) is 5.75 Å². The van der Waals surface area contributed by atoms with E-state index in [1.165, 1.54) is 12.1 Å². The molecule has 0 atom stereocenters. The van der Waals surface area contributed by atoms with Gasteiger partial charge >= 0.3 is 0 Å². The van der Waals surface area contributed by atoms with Gasteiger partial charge in [0, 0.05) is 18.5 Å². The lowest BCUT2D eigenvalue weighted by atomic mass is 10.2. The second-order valence-electron chi connectivity index (χ2n) is 6.32. The Kier molecular flexibility index (Phi) is 6.78. The number of sulfone groups is 1. The molecule has 3 aromatic rings. The van der Waals surface area contributed by atoms with E-state index in [4.69, 9.17) is 9.26 Å². The predicted molar refractivity (Wildman–Crippen MR) is 106 cm³/mol. The molecule has 1 N–H and O–H groups in total. The third-order valence-corrected chi connectivity index (χ3v) is 5.65. The van der Waals surface area contributed by atoms with E-state index in [0.29, 0.717) is 18.0 Å². The van der Waals surface area contributed by atoms with Crippen molar-refractivity contribution in [2.75, 3.05) is 11.9 Å². The van der Waals surface area contributed by atoms with Crippen molar-refractivity contribution in [1.29, 1.82) is 0 Å². The molecule has 0 aliphatic heterocycles. The predicted octanol–water partition coefficient (Wildman–Crippen LogP) is 3.15. The van der Waals surface area contributed by atoms with Crippen molar-refractivity contribution >= 4 is 21.4 Å². The third-order valence-electron chi connectivity index (χ3n) is 4.02. The Bertz CT molecular complexity index is 1100. The molecule has 10 heteroatoms. The van der Waals surface area contributed by atoms with Gasteiger partial charge in [0.1, 0.15) is 17.3 Å². The van der Waals surface area contributed by atoms with Crippen LogP contribution in [-0.4, -0.2) is 31.1 Å². The number of nitrogens with zero attached hydrogens (tertiary/aromatic N) is 2. The number of ether oxygens (including phenoxy) is 1. The van der Waals surface area contributed by atoms with Crippen molar-refractivity contribution < 1.29 is 26.9 Å². The van der Waals surface area contributed by atoms with Crippen LogP contribution in [0.1, 0.15) is 25.1 Å². The molecular formula is C20H20FN3O5S. The highest BCUT2D eigenvalue weighted by atomic mass is 32.2. The molecule has 0 saturated heterocycles. The molecule has 30 heavy (non-hydrogen) atoms. The van der Waals surface area contributed by atoms with E-state index in [-0.39, 0.29) is 35.4 Å². The maximum absolute atomic E-state index is 13.0. The second kappa shape index (κ2) is 9.49. The van der Waals surface area contributed by atoms with Crippen molar-refractivity contribution in [1.82, 2.24) is 10.1 Å². The van der Waals surface area contributed by atoms with Gasteiger partial charge in [-0.1, -0.05) is 5.16 Å². The van der Waals surface area contributed by atoms with Crippen molar-refractivity contribution in [2.45, 2.75) is 30.4 Å². The zero-order valence-corrected chi connectivity index (χ0v) is 17.0. The van der Waals surface area contributed by atoms with E-state index in [1.54, 1.807) is 24.3 Å². The number of nitrogens with one attached hydrogen (secondary N) is 1. The van der Waals surface area contributed by atoms with Gasteiger partial charge in [0.25, 0.3) is 0 Å². The molecule has 0 fully saturated rings. The summed E-state index contributed by atoms with van der Waals surface area (Å²) < 4.78 is 48.0. The first-order valence-electron chi connectivity index (χ1n) is 9.18. The Morgan fingerprint density at radius 3 is 2.50 bits per heavy atom. The zero-order valence-electron chi connectivity index (χ0n) is 16.2. The van der Waals surface area contributed by atoms with E-state index in [1.807, 2.05) is 6.92 Å². The molecule has 2 aromatic carbocycles. The largest absolute Gasteiger partial charge is 0.494 e. The maximum Gasteiger partial charge on any atom is 0.227 e. The summed E-state index contributed by atoms with van der Waals surface area (Å²) in [6.07, 6.45) is 0.242.